The van der Waals surface area contributed by atoms with Gasteiger partial charge in [0.05, 0.1) is 6.61 Å². The van der Waals surface area contributed by atoms with Gasteiger partial charge in [-0.1, -0.05) is 0 Å². The van der Waals surface area contributed by atoms with Gasteiger partial charge in [-0.25, -0.2) is 4.79 Å². The van der Waals surface area contributed by atoms with Gasteiger partial charge in [-0.3, -0.25) is 0 Å². The standard InChI is InChI=1S/C7H8F4N2O2.Al.2H/c1-2-15-5(14)3-4(6(8)13-12)7(9,10)11;;;/h3H,2H2,1H3,(H2,12,14);;;/q;+1;;/p-1. The number of hydrogen-bond donors (Lipinski definition) is 1. The number of halogens is 4. The van der Waals surface area contributed by atoms with Crippen molar-refractivity contribution in [1.82, 2.24) is 4.41 Å². The zero-order valence-corrected chi connectivity index (χ0v) is 10.6. The second-order valence-corrected chi connectivity index (χ2v) is 2.88. The first kappa shape index (κ1) is 14.9. The molecule has 4 nitrogen and oxygen atoms in total. The van der Waals surface area contributed by atoms with Gasteiger partial charge in [0.25, 0.3) is 0 Å². The number of hydrogen-bond acceptors (Lipinski definition) is 4. The van der Waals surface area contributed by atoms with Crippen molar-refractivity contribution >= 4 is 28.4 Å². The van der Waals surface area contributed by atoms with Crippen molar-refractivity contribution in [2.24, 2.45) is 5.10 Å². The molecular weight excluding hydrogens is 247 g/mol. The van der Waals surface area contributed by atoms with Crippen LogP contribution in [-0.2, 0) is 9.53 Å². The molecule has 16 heavy (non-hydrogen) atoms. The molecule has 0 atom stereocenters. The molecule has 90 valence electrons. The fraction of sp³-hybridized carbons (Fsp3) is 0.429. The number of nitrogens with zero attached hydrogens (tertiary/aromatic N) is 1. The average Bonchev–Trinajstić information content (AvgIpc) is 2.13. The quantitative estimate of drug-likeness (QED) is 0.198. The summed E-state index contributed by atoms with van der Waals surface area (Å²) in [6.07, 6.45) is -4.97. The lowest BCUT2D eigenvalue weighted by Gasteiger charge is -2.08. The van der Waals surface area contributed by atoms with Crippen LogP contribution >= 0.6 is 0 Å². The summed E-state index contributed by atoms with van der Waals surface area (Å²) in [5.74, 6) is -3.07. The maximum Gasteiger partial charge on any atom is 0.421 e. The van der Waals surface area contributed by atoms with Gasteiger partial charge in [-0.2, -0.15) is 22.7 Å². The second kappa shape index (κ2) is 6.50. The number of rotatable bonds is 4. The molecule has 0 saturated carbocycles. The zero-order chi connectivity index (χ0) is 12.8. The molecule has 0 radical (unpaired) electrons. The number of hydrazone groups is 1. The van der Waals surface area contributed by atoms with Crippen LogP contribution in [0.1, 0.15) is 6.92 Å². The molecule has 0 aliphatic rings. The van der Waals surface area contributed by atoms with Crippen LogP contribution in [0.15, 0.2) is 16.8 Å². The van der Waals surface area contributed by atoms with Crippen molar-refractivity contribution in [3.05, 3.63) is 11.6 Å². The molecule has 0 saturated heterocycles. The Morgan fingerprint density at radius 1 is 1.56 bits per heavy atom. The maximum absolute atomic E-state index is 12.9. The summed E-state index contributed by atoms with van der Waals surface area (Å²) >= 11 is 0.182. The topological polar surface area (TPSA) is 50.7 Å². The lowest BCUT2D eigenvalue weighted by atomic mass is 10.2. The Balaban J connectivity index is 5.11. The highest BCUT2D eigenvalue weighted by Crippen LogP contribution is 2.27. The molecule has 0 spiro atoms. The number of carbonyl (C=O) groups is 1. The van der Waals surface area contributed by atoms with Gasteiger partial charge in [0.15, 0.2) is 0 Å². The number of carbonyl (C=O) groups excluding carboxylic acids is 1. The van der Waals surface area contributed by atoms with Gasteiger partial charge in [0, 0.05) is 6.08 Å². The number of ether oxygens (including phenoxy) is 1. The van der Waals surface area contributed by atoms with Gasteiger partial charge >= 0.3 is 28.7 Å². The Hall–Kier alpha value is -1.07. The molecule has 1 N–H and O–H groups in total. The molecule has 0 rings (SSSR count). The first-order chi connectivity index (χ1) is 7.32. The first-order valence-corrected chi connectivity index (χ1v) is 5.18. The predicted molar refractivity (Wildman–Crippen MR) is 51.0 cm³/mol. The lowest BCUT2D eigenvalue weighted by Crippen LogP contribution is -2.21. The summed E-state index contributed by atoms with van der Waals surface area (Å²) in [6, 6.07) is 0. The highest BCUT2D eigenvalue weighted by atomic mass is 27.1. The van der Waals surface area contributed by atoms with E-state index >= 15 is 0 Å². The maximum atomic E-state index is 12.9. The molecule has 0 unspecified atom stereocenters. The minimum Gasteiger partial charge on any atom is -0.463 e. The van der Waals surface area contributed by atoms with E-state index in [2.05, 4.69) is 9.84 Å². The Labute approximate surface area is 97.0 Å². The molecular formula is C7H9AlF4N2O2. The number of allylic oxidation sites excluding steroid dienone is 1. The Bertz CT molecular complexity index is 314. The van der Waals surface area contributed by atoms with E-state index in [9.17, 15) is 22.4 Å². The minimum atomic E-state index is -5.00. The first-order valence-electron chi connectivity index (χ1n) is 4.18. The predicted octanol–water partition coefficient (Wildman–Crippen LogP) is 0.459. The largest absolute Gasteiger partial charge is 0.463 e. The normalized spacial score (nSPS) is 13.6. The molecule has 0 aromatic rings. The Morgan fingerprint density at radius 3 is 2.50 bits per heavy atom. The van der Waals surface area contributed by atoms with E-state index < -0.39 is 23.7 Å². The Morgan fingerprint density at radius 2 is 2.12 bits per heavy atom. The molecule has 0 bridgehead atoms. The van der Waals surface area contributed by atoms with E-state index in [1.54, 1.807) is 0 Å². The molecule has 0 aromatic carbocycles. The van der Waals surface area contributed by atoms with Gasteiger partial charge in [0.2, 0.25) is 5.97 Å². The summed E-state index contributed by atoms with van der Waals surface area (Å²) < 4.78 is 56.0. The van der Waals surface area contributed by atoms with E-state index in [1.807, 2.05) is 4.41 Å². The van der Waals surface area contributed by atoms with Gasteiger partial charge in [-0.15, -0.1) is 0 Å². The third kappa shape index (κ3) is 5.14. The average molecular weight is 256 g/mol. The monoisotopic (exact) mass is 256 g/mol. The molecule has 0 aromatic heterocycles. The highest BCUT2D eigenvalue weighted by molar-refractivity contribution is 6.06. The van der Waals surface area contributed by atoms with Crippen LogP contribution in [0.3, 0.4) is 0 Å². The van der Waals surface area contributed by atoms with Crippen LogP contribution in [0, 0.1) is 0 Å². The molecule has 0 fully saturated rings. The highest BCUT2D eigenvalue weighted by Gasteiger charge is 2.38. The number of nitrogens with one attached hydrogen (secondary N) is 1. The van der Waals surface area contributed by atoms with Crippen molar-refractivity contribution in [3.63, 3.8) is 0 Å². The van der Waals surface area contributed by atoms with E-state index in [-0.39, 0.29) is 29.2 Å². The van der Waals surface area contributed by atoms with E-state index in [4.69, 9.17) is 0 Å². The van der Waals surface area contributed by atoms with Gasteiger partial charge in [-0.05, 0) is 6.92 Å². The van der Waals surface area contributed by atoms with Crippen molar-refractivity contribution in [2.45, 2.75) is 13.1 Å². The SMILES string of the molecule is CCOC(=O)/C=C(\C(F)=N\[NH][AlH2])C(F)(F)F. The summed E-state index contributed by atoms with van der Waals surface area (Å²) in [6.45, 7) is 1.32. The minimum absolute atomic E-state index is 0.0290. The third-order valence-corrected chi connectivity index (χ3v) is 1.51. The van der Waals surface area contributed by atoms with Crippen LogP contribution in [0.5, 0.6) is 0 Å². The lowest BCUT2D eigenvalue weighted by molar-refractivity contribution is -0.138. The molecule has 0 amide bonds. The number of esters is 1. The fourth-order valence-electron chi connectivity index (χ4n) is 0.719. The summed E-state index contributed by atoms with van der Waals surface area (Å²) in [4.78, 5) is 10.8. The smallest absolute Gasteiger partial charge is 0.421 e. The van der Waals surface area contributed by atoms with Crippen LogP contribution in [0.25, 0.3) is 0 Å². The van der Waals surface area contributed by atoms with Crippen molar-refractivity contribution in [1.29, 1.82) is 0 Å². The zero-order valence-electron chi connectivity index (χ0n) is 8.56. The summed E-state index contributed by atoms with van der Waals surface area (Å²) in [5.41, 5.74) is -1.77. The van der Waals surface area contributed by atoms with Crippen molar-refractivity contribution < 1.29 is 27.1 Å². The van der Waals surface area contributed by atoms with Crippen LogP contribution in [-0.4, -0.2) is 41.2 Å². The Kier molecular flexibility index (Phi) is 6.07. The van der Waals surface area contributed by atoms with Crippen LogP contribution < -0.4 is 4.41 Å². The van der Waals surface area contributed by atoms with Gasteiger partial charge < -0.3 is 9.15 Å². The second-order valence-electron chi connectivity index (χ2n) is 2.43. The van der Waals surface area contributed by atoms with E-state index in [0.29, 0.717) is 0 Å². The summed E-state index contributed by atoms with van der Waals surface area (Å²) in [5, 5.41) is 2.77. The fourth-order valence-corrected chi connectivity index (χ4v) is 0.915. The van der Waals surface area contributed by atoms with Gasteiger partial charge in [0.1, 0.15) is 5.57 Å². The van der Waals surface area contributed by atoms with Crippen LogP contribution in [0.2, 0.25) is 0 Å². The molecule has 0 heterocycles. The van der Waals surface area contributed by atoms with Crippen molar-refractivity contribution in [2.75, 3.05) is 6.61 Å². The van der Waals surface area contributed by atoms with Crippen LogP contribution in [0.4, 0.5) is 17.6 Å². The summed E-state index contributed by atoms with van der Waals surface area (Å²) in [7, 11) is 0. The molecule has 0 aliphatic carbocycles. The number of alkyl halides is 3. The molecule has 9 heteroatoms. The third-order valence-electron chi connectivity index (χ3n) is 1.29. The van der Waals surface area contributed by atoms with E-state index in [1.165, 1.54) is 6.92 Å². The van der Waals surface area contributed by atoms with Crippen molar-refractivity contribution in [3.8, 4) is 0 Å². The molecule has 0 aliphatic heterocycles. The van der Waals surface area contributed by atoms with E-state index in [0.717, 1.165) is 0 Å².